The maximum absolute atomic E-state index is 10.6. The van der Waals surface area contributed by atoms with E-state index in [9.17, 15) is 26.3 Å². The number of rotatable bonds is 4. The molecule has 4 rings (SSSR count). The molecule has 39 heavy (non-hydrogen) atoms. The van der Waals surface area contributed by atoms with Crippen LogP contribution in [0.15, 0.2) is 16.5 Å². The summed E-state index contributed by atoms with van der Waals surface area (Å²) in [7, 11) is 0. The number of ether oxygens (including phenoxy) is 3. The van der Waals surface area contributed by atoms with Gasteiger partial charge in [-0.15, -0.1) is 0 Å². The van der Waals surface area contributed by atoms with Crippen LogP contribution in [0, 0.1) is 6.92 Å². The molecule has 3 aliphatic heterocycles. The molecule has 2 atom stereocenters. The second-order valence-electron chi connectivity index (χ2n) is 9.26. The molecule has 224 valence electrons. The molecular weight excluding hydrogens is 546 g/mol. The summed E-state index contributed by atoms with van der Waals surface area (Å²) >= 11 is 0. The summed E-state index contributed by atoms with van der Waals surface area (Å²) in [6.07, 6.45) is -7.66. The van der Waals surface area contributed by atoms with E-state index >= 15 is 0 Å². The van der Waals surface area contributed by atoms with Crippen LogP contribution in [0.2, 0.25) is 0 Å². The number of carboxylic acid groups (broad SMARTS) is 2. The summed E-state index contributed by atoms with van der Waals surface area (Å²) in [6.45, 7) is 10.9. The van der Waals surface area contributed by atoms with Crippen molar-refractivity contribution in [2.45, 2.75) is 50.4 Å². The van der Waals surface area contributed by atoms with Crippen molar-refractivity contribution in [1.82, 2.24) is 9.80 Å². The lowest BCUT2D eigenvalue weighted by molar-refractivity contribution is -0.193. The lowest BCUT2D eigenvalue weighted by Gasteiger charge is -2.33. The Bertz CT molecular complexity index is 895. The third-order valence-corrected chi connectivity index (χ3v) is 5.99. The van der Waals surface area contributed by atoms with Gasteiger partial charge in [0.25, 0.3) is 0 Å². The van der Waals surface area contributed by atoms with Gasteiger partial charge in [-0.05, 0) is 31.9 Å². The molecule has 0 amide bonds. The SMILES string of the molecule is Cc1ccc(CN2CCOCC3(CCC(CN4CCOCC4)O3)C2)o1.O=C(O)C(F)(F)F.O=C(O)C(F)(F)F. The number of alkyl halides is 6. The zero-order valence-corrected chi connectivity index (χ0v) is 21.2. The fourth-order valence-corrected chi connectivity index (χ4v) is 4.23. The molecule has 0 radical (unpaired) electrons. The van der Waals surface area contributed by atoms with E-state index in [2.05, 4.69) is 15.9 Å². The van der Waals surface area contributed by atoms with Gasteiger partial charge in [-0.1, -0.05) is 0 Å². The molecule has 1 aromatic heterocycles. The van der Waals surface area contributed by atoms with Crippen LogP contribution in [0.3, 0.4) is 0 Å². The number of carboxylic acids is 2. The minimum absolute atomic E-state index is 0.158. The summed E-state index contributed by atoms with van der Waals surface area (Å²) in [4.78, 5) is 22.7. The van der Waals surface area contributed by atoms with Crippen LogP contribution >= 0.6 is 0 Å². The highest BCUT2D eigenvalue weighted by Crippen LogP contribution is 2.34. The molecule has 3 saturated heterocycles. The van der Waals surface area contributed by atoms with Crippen molar-refractivity contribution < 1.29 is 64.8 Å². The number of hydrogen-bond donors (Lipinski definition) is 2. The summed E-state index contributed by atoms with van der Waals surface area (Å²) in [5, 5.41) is 14.2. The van der Waals surface area contributed by atoms with Crippen LogP contribution in [0.4, 0.5) is 26.3 Å². The maximum Gasteiger partial charge on any atom is 0.490 e. The summed E-state index contributed by atoms with van der Waals surface area (Å²) in [5.41, 5.74) is -0.158. The average Bonchev–Trinajstić information content (AvgIpc) is 3.36. The standard InChI is InChI=1S/C19H30N2O4.2C2HF3O2/c1-16-2-3-17(24-16)12-21-8-11-23-15-19(14-21)5-4-18(25-19)13-20-6-9-22-10-7-20;2*3-2(4,5)1(6)7/h2-3,18H,4-15H2,1H3;2*(H,6,7). The van der Waals surface area contributed by atoms with Gasteiger partial charge in [0.2, 0.25) is 0 Å². The fraction of sp³-hybridized carbons (Fsp3) is 0.739. The van der Waals surface area contributed by atoms with E-state index < -0.39 is 24.3 Å². The number of nitrogens with zero attached hydrogens (tertiary/aromatic N) is 2. The molecule has 4 heterocycles. The van der Waals surface area contributed by atoms with E-state index in [0.717, 1.165) is 83.5 Å². The van der Waals surface area contributed by atoms with Gasteiger partial charge in [-0.25, -0.2) is 9.59 Å². The molecule has 0 aliphatic carbocycles. The Morgan fingerprint density at radius 3 is 2.00 bits per heavy atom. The average molecular weight is 579 g/mol. The van der Waals surface area contributed by atoms with Crippen molar-refractivity contribution in [3.63, 3.8) is 0 Å². The van der Waals surface area contributed by atoms with Crippen LogP contribution < -0.4 is 0 Å². The second kappa shape index (κ2) is 14.3. The second-order valence-corrected chi connectivity index (χ2v) is 9.26. The summed E-state index contributed by atoms with van der Waals surface area (Å²) in [6, 6.07) is 4.11. The molecule has 1 spiro atoms. The predicted octanol–water partition coefficient (Wildman–Crippen LogP) is 2.94. The third kappa shape index (κ3) is 11.7. The Morgan fingerprint density at radius 1 is 0.949 bits per heavy atom. The molecule has 16 heteroatoms. The van der Waals surface area contributed by atoms with Crippen molar-refractivity contribution in [1.29, 1.82) is 0 Å². The first-order valence-electron chi connectivity index (χ1n) is 12.0. The number of hydrogen-bond acceptors (Lipinski definition) is 8. The van der Waals surface area contributed by atoms with Gasteiger partial charge in [0.1, 0.15) is 17.1 Å². The molecule has 0 aromatic carbocycles. The lowest BCUT2D eigenvalue weighted by Crippen LogP contribution is -2.46. The normalized spacial score (nSPS) is 24.7. The van der Waals surface area contributed by atoms with Gasteiger partial charge in [0, 0.05) is 32.7 Å². The largest absolute Gasteiger partial charge is 0.490 e. The van der Waals surface area contributed by atoms with Gasteiger partial charge in [0.05, 0.1) is 39.1 Å². The number of halogens is 6. The monoisotopic (exact) mass is 578 g/mol. The minimum atomic E-state index is -5.08. The van der Waals surface area contributed by atoms with Gasteiger partial charge in [0.15, 0.2) is 0 Å². The van der Waals surface area contributed by atoms with Crippen LogP contribution in [-0.2, 0) is 30.3 Å². The van der Waals surface area contributed by atoms with Crippen molar-refractivity contribution in [2.75, 3.05) is 59.2 Å². The number of aryl methyl sites for hydroxylation is 1. The molecule has 10 nitrogen and oxygen atoms in total. The molecule has 3 fully saturated rings. The Morgan fingerprint density at radius 2 is 1.49 bits per heavy atom. The number of morpholine rings is 1. The minimum Gasteiger partial charge on any atom is -0.475 e. The van der Waals surface area contributed by atoms with E-state index in [4.69, 9.17) is 38.4 Å². The zero-order chi connectivity index (χ0) is 29.3. The lowest BCUT2D eigenvalue weighted by atomic mass is 10.00. The van der Waals surface area contributed by atoms with E-state index in [1.165, 1.54) is 0 Å². The van der Waals surface area contributed by atoms with Crippen LogP contribution in [0.25, 0.3) is 0 Å². The number of furan rings is 1. The fourth-order valence-electron chi connectivity index (χ4n) is 4.23. The van der Waals surface area contributed by atoms with Gasteiger partial charge < -0.3 is 28.8 Å². The molecule has 2 N–H and O–H groups in total. The highest BCUT2D eigenvalue weighted by atomic mass is 19.4. The smallest absolute Gasteiger partial charge is 0.475 e. The topological polar surface area (TPSA) is 122 Å². The Hall–Kier alpha value is -2.40. The number of aliphatic carboxylic acids is 2. The third-order valence-electron chi connectivity index (χ3n) is 5.99. The summed E-state index contributed by atoms with van der Waals surface area (Å²) in [5.74, 6) is -3.52. The van der Waals surface area contributed by atoms with Crippen LogP contribution in [0.1, 0.15) is 24.4 Å². The number of carbonyl (C=O) groups is 2. The van der Waals surface area contributed by atoms with E-state index in [1.54, 1.807) is 0 Å². The Balaban J connectivity index is 0.000000317. The van der Waals surface area contributed by atoms with E-state index in [0.29, 0.717) is 12.7 Å². The van der Waals surface area contributed by atoms with E-state index in [-0.39, 0.29) is 5.60 Å². The van der Waals surface area contributed by atoms with Gasteiger partial charge in [-0.3, -0.25) is 9.80 Å². The molecular formula is C23H32F6N2O8. The molecule has 1 aromatic rings. The first kappa shape index (κ1) is 32.8. The first-order chi connectivity index (χ1) is 18.1. The summed E-state index contributed by atoms with van der Waals surface area (Å²) < 4.78 is 87.2. The molecule has 3 aliphatic rings. The van der Waals surface area contributed by atoms with Crippen molar-refractivity contribution in [3.8, 4) is 0 Å². The van der Waals surface area contributed by atoms with Crippen molar-refractivity contribution in [2.24, 2.45) is 0 Å². The quantitative estimate of drug-likeness (QED) is 0.516. The van der Waals surface area contributed by atoms with Crippen LogP contribution in [0.5, 0.6) is 0 Å². The highest BCUT2D eigenvalue weighted by molar-refractivity contribution is 5.73. The Kier molecular flexibility index (Phi) is 12.0. The van der Waals surface area contributed by atoms with Crippen molar-refractivity contribution in [3.05, 3.63) is 23.7 Å². The van der Waals surface area contributed by atoms with Gasteiger partial charge >= 0.3 is 24.3 Å². The van der Waals surface area contributed by atoms with Crippen molar-refractivity contribution >= 4 is 11.9 Å². The van der Waals surface area contributed by atoms with Gasteiger partial charge in [-0.2, -0.15) is 26.3 Å². The Labute approximate surface area is 220 Å². The molecule has 0 bridgehead atoms. The maximum atomic E-state index is 10.6. The first-order valence-corrected chi connectivity index (χ1v) is 12.0. The predicted molar refractivity (Wildman–Crippen MR) is 121 cm³/mol. The molecule has 0 saturated carbocycles. The molecule has 2 unspecified atom stereocenters. The zero-order valence-electron chi connectivity index (χ0n) is 21.2. The van der Waals surface area contributed by atoms with Crippen LogP contribution in [-0.4, -0.2) is 115 Å². The van der Waals surface area contributed by atoms with E-state index in [1.807, 2.05) is 13.0 Å². The highest BCUT2D eigenvalue weighted by Gasteiger charge is 2.43.